The second-order valence-corrected chi connectivity index (χ2v) is 12.7. The topological polar surface area (TPSA) is 98.8 Å². The number of unbranched alkanes of at least 4 members (excludes halogenated alkanes) is 24. The van der Waals surface area contributed by atoms with Crippen LogP contribution in [0.25, 0.3) is 0 Å². The van der Waals surface area contributed by atoms with Gasteiger partial charge in [-0.1, -0.05) is 168 Å². The second kappa shape index (κ2) is 26.5. The Hall–Kier alpha value is -1.92. The summed E-state index contributed by atoms with van der Waals surface area (Å²) < 4.78 is 10.7. The molecule has 7 heteroatoms. The third-order valence-electron chi connectivity index (χ3n) is 8.52. The zero-order valence-corrected chi connectivity index (χ0v) is 28.0. The lowest BCUT2D eigenvalue weighted by atomic mass is 10.0. The lowest BCUT2D eigenvalue weighted by Crippen LogP contribution is -2.46. The molecule has 43 heavy (non-hydrogen) atoms. The Kier molecular flexibility index (Phi) is 24.1. The molecule has 0 aromatic carbocycles. The van der Waals surface area contributed by atoms with Gasteiger partial charge in [-0.2, -0.15) is 0 Å². The number of carbonyl (C=O) groups excluding carboxylic acids is 4. The lowest BCUT2D eigenvalue weighted by Gasteiger charge is -2.25. The Morgan fingerprint density at radius 1 is 0.512 bits per heavy atom. The maximum atomic E-state index is 12.5. The molecule has 0 aromatic rings. The van der Waals surface area contributed by atoms with E-state index in [2.05, 4.69) is 19.2 Å². The Balaban J connectivity index is 2.15. The smallest absolute Gasteiger partial charge is 0.345 e. The van der Waals surface area contributed by atoms with Crippen LogP contribution in [-0.2, 0) is 28.7 Å². The number of hydrogen-bond acceptors (Lipinski definition) is 6. The van der Waals surface area contributed by atoms with Crippen molar-refractivity contribution in [2.75, 3.05) is 0 Å². The zero-order valence-electron chi connectivity index (χ0n) is 28.0. The maximum absolute atomic E-state index is 12.5. The summed E-state index contributed by atoms with van der Waals surface area (Å²) >= 11 is 0. The molecule has 0 spiro atoms. The first-order chi connectivity index (χ1) is 20.9. The van der Waals surface area contributed by atoms with Crippen molar-refractivity contribution in [3.8, 4) is 0 Å². The Bertz CT molecular complexity index is 708. The highest BCUT2D eigenvalue weighted by atomic mass is 16.7. The Labute approximate surface area is 263 Å². The van der Waals surface area contributed by atoms with Crippen LogP contribution in [0, 0.1) is 0 Å². The van der Waals surface area contributed by atoms with Crippen LogP contribution in [0.5, 0.6) is 0 Å². The molecule has 250 valence electrons. The van der Waals surface area contributed by atoms with Gasteiger partial charge in [-0.25, -0.2) is 0 Å². The van der Waals surface area contributed by atoms with E-state index in [1.807, 2.05) is 0 Å². The predicted molar refractivity (Wildman–Crippen MR) is 173 cm³/mol. The molecule has 1 saturated heterocycles. The normalized spacial score (nSPS) is 14.2. The van der Waals surface area contributed by atoms with Crippen molar-refractivity contribution < 1.29 is 28.7 Å². The van der Waals surface area contributed by atoms with E-state index >= 15 is 0 Å². The van der Waals surface area contributed by atoms with Crippen LogP contribution in [-0.4, -0.2) is 29.5 Å². The van der Waals surface area contributed by atoms with Crippen LogP contribution in [0.1, 0.15) is 200 Å². The average molecular weight is 608 g/mol. The average Bonchev–Trinajstić information content (AvgIpc) is 3.24. The van der Waals surface area contributed by atoms with Gasteiger partial charge in [0.05, 0.1) is 0 Å². The number of ether oxygens (including phenoxy) is 2. The second-order valence-electron chi connectivity index (χ2n) is 12.7. The van der Waals surface area contributed by atoms with Crippen molar-refractivity contribution in [3.05, 3.63) is 0 Å². The van der Waals surface area contributed by atoms with E-state index < -0.39 is 36.0 Å². The molecule has 1 N–H and O–H groups in total. The van der Waals surface area contributed by atoms with Crippen LogP contribution >= 0.6 is 0 Å². The van der Waals surface area contributed by atoms with Crippen molar-refractivity contribution >= 4 is 23.8 Å². The number of hydrogen-bond donors (Lipinski definition) is 1. The lowest BCUT2D eigenvalue weighted by molar-refractivity contribution is -0.222. The summed E-state index contributed by atoms with van der Waals surface area (Å²) in [7, 11) is 0. The van der Waals surface area contributed by atoms with Crippen molar-refractivity contribution in [3.63, 3.8) is 0 Å². The highest BCUT2D eigenvalue weighted by Crippen LogP contribution is 2.26. The van der Waals surface area contributed by atoms with Gasteiger partial charge >= 0.3 is 23.6 Å². The standard InChI is InChI=1S/C36H65NO6/c1-3-5-7-9-11-13-15-17-19-21-23-25-27-29-33(39)42-36(31-32(38)37-35(36)41)43-34(40)30-28-26-24-22-20-18-16-14-12-10-8-6-4-2/h3-31H2,1-2H3,(H,37,38,41). The summed E-state index contributed by atoms with van der Waals surface area (Å²) in [5.74, 6) is -4.84. The molecule has 1 aliphatic rings. The molecule has 0 radical (unpaired) electrons. The van der Waals surface area contributed by atoms with Gasteiger partial charge in [0.2, 0.25) is 5.91 Å². The molecule has 1 rings (SSSR count). The van der Waals surface area contributed by atoms with Crippen LogP contribution < -0.4 is 5.32 Å². The van der Waals surface area contributed by atoms with E-state index in [0.717, 1.165) is 38.5 Å². The maximum Gasteiger partial charge on any atom is 0.345 e. The molecule has 0 atom stereocenters. The third kappa shape index (κ3) is 20.6. The van der Waals surface area contributed by atoms with E-state index in [1.54, 1.807) is 0 Å². The first kappa shape index (κ1) is 39.1. The zero-order chi connectivity index (χ0) is 31.4. The van der Waals surface area contributed by atoms with Gasteiger partial charge in [0.15, 0.2) is 0 Å². The summed E-state index contributed by atoms with van der Waals surface area (Å²) in [6.45, 7) is 4.49. The quantitative estimate of drug-likeness (QED) is 0.0378. The molecule has 2 amide bonds. The number of imide groups is 1. The molecule has 1 fully saturated rings. The summed E-state index contributed by atoms with van der Waals surface area (Å²) in [5.41, 5.74) is 0. The minimum Gasteiger partial charge on any atom is -0.413 e. The summed E-state index contributed by atoms with van der Waals surface area (Å²) in [6.07, 6.45) is 31.0. The fourth-order valence-electron chi connectivity index (χ4n) is 5.79. The molecular formula is C36H65NO6. The Morgan fingerprint density at radius 2 is 0.791 bits per heavy atom. The number of rotatable bonds is 30. The first-order valence-corrected chi connectivity index (χ1v) is 18.2. The monoisotopic (exact) mass is 607 g/mol. The van der Waals surface area contributed by atoms with Crippen LogP contribution in [0.15, 0.2) is 0 Å². The highest BCUT2D eigenvalue weighted by Gasteiger charge is 2.54. The van der Waals surface area contributed by atoms with Crippen molar-refractivity contribution in [1.82, 2.24) is 5.32 Å². The fraction of sp³-hybridized carbons (Fsp3) is 0.889. The number of esters is 2. The molecule has 1 aliphatic heterocycles. The molecule has 0 bridgehead atoms. The molecule has 0 saturated carbocycles. The van der Waals surface area contributed by atoms with Gasteiger partial charge in [-0.05, 0) is 12.8 Å². The number of nitrogens with one attached hydrogen (secondary N) is 1. The molecule has 0 unspecified atom stereocenters. The predicted octanol–water partition coefficient (Wildman–Crippen LogP) is 9.78. The third-order valence-corrected chi connectivity index (χ3v) is 8.52. The number of amides is 2. The summed E-state index contributed by atoms with van der Waals surface area (Å²) in [6, 6.07) is 0. The van der Waals surface area contributed by atoms with E-state index in [1.165, 1.54) is 116 Å². The van der Waals surface area contributed by atoms with E-state index in [0.29, 0.717) is 12.8 Å². The first-order valence-electron chi connectivity index (χ1n) is 18.2. The minimum absolute atomic E-state index is 0.136. The van der Waals surface area contributed by atoms with Crippen molar-refractivity contribution in [1.29, 1.82) is 0 Å². The van der Waals surface area contributed by atoms with Crippen molar-refractivity contribution in [2.45, 2.75) is 206 Å². The van der Waals surface area contributed by atoms with Gasteiger partial charge in [0.25, 0.3) is 0 Å². The molecule has 7 nitrogen and oxygen atoms in total. The van der Waals surface area contributed by atoms with Crippen LogP contribution in [0.3, 0.4) is 0 Å². The van der Waals surface area contributed by atoms with E-state index in [-0.39, 0.29) is 12.8 Å². The van der Waals surface area contributed by atoms with E-state index in [4.69, 9.17) is 9.47 Å². The van der Waals surface area contributed by atoms with Gasteiger partial charge in [-0.15, -0.1) is 0 Å². The van der Waals surface area contributed by atoms with Crippen molar-refractivity contribution in [2.24, 2.45) is 0 Å². The Morgan fingerprint density at radius 3 is 1.05 bits per heavy atom. The van der Waals surface area contributed by atoms with Gasteiger partial charge in [0.1, 0.15) is 6.42 Å². The van der Waals surface area contributed by atoms with E-state index in [9.17, 15) is 19.2 Å². The number of carbonyl (C=O) groups is 4. The molecule has 1 heterocycles. The van der Waals surface area contributed by atoms with Gasteiger partial charge in [0, 0.05) is 12.8 Å². The van der Waals surface area contributed by atoms with Crippen LogP contribution in [0.2, 0.25) is 0 Å². The molecular weight excluding hydrogens is 542 g/mol. The summed E-state index contributed by atoms with van der Waals surface area (Å²) in [4.78, 5) is 49.4. The fourth-order valence-corrected chi connectivity index (χ4v) is 5.79. The van der Waals surface area contributed by atoms with Gasteiger partial charge in [-0.3, -0.25) is 24.5 Å². The summed E-state index contributed by atoms with van der Waals surface area (Å²) in [5, 5.41) is 2.12. The minimum atomic E-state index is -2.15. The van der Waals surface area contributed by atoms with Gasteiger partial charge < -0.3 is 9.47 Å². The molecule has 0 aliphatic carbocycles. The largest absolute Gasteiger partial charge is 0.413 e. The highest BCUT2D eigenvalue weighted by molar-refractivity contribution is 6.08. The SMILES string of the molecule is CCCCCCCCCCCCCCCC(=O)OC1(OC(=O)CCCCCCCCCCCCCCC)CC(=O)NC1=O. The van der Waals surface area contributed by atoms with Crippen LogP contribution in [0.4, 0.5) is 0 Å². The molecule has 0 aromatic heterocycles.